The van der Waals surface area contributed by atoms with Gasteiger partial charge in [0, 0.05) is 18.8 Å². The van der Waals surface area contributed by atoms with Crippen LogP contribution in [0.25, 0.3) is 0 Å². The van der Waals surface area contributed by atoms with Crippen molar-refractivity contribution >= 4 is 5.97 Å². The summed E-state index contributed by atoms with van der Waals surface area (Å²) in [5.41, 5.74) is 0.945. The molecule has 0 aliphatic heterocycles. The Kier molecular flexibility index (Phi) is 4.09. The molecule has 1 N–H and O–H groups in total. The number of aliphatic carboxylic acids is 1. The lowest BCUT2D eigenvalue weighted by molar-refractivity contribution is -0.139. The summed E-state index contributed by atoms with van der Waals surface area (Å²) in [5, 5.41) is 8.96. The zero-order valence-electron chi connectivity index (χ0n) is 9.88. The van der Waals surface area contributed by atoms with E-state index in [1.54, 1.807) is 6.20 Å². The Morgan fingerprint density at radius 3 is 2.76 bits per heavy atom. The predicted octanol–water partition coefficient (Wildman–Crippen LogP) is 1.91. The third-order valence-electron chi connectivity index (χ3n) is 3.27. The van der Waals surface area contributed by atoms with E-state index in [2.05, 4.69) is 4.98 Å². The van der Waals surface area contributed by atoms with Crippen molar-refractivity contribution in [1.29, 1.82) is 0 Å². The summed E-state index contributed by atoms with van der Waals surface area (Å²) in [6.45, 7) is 0.749. The van der Waals surface area contributed by atoms with Crippen molar-refractivity contribution in [2.24, 2.45) is 0 Å². The molecule has 0 atom stereocenters. The standard InChI is InChI=1S/C13H18N2O2/c16-13(17)10-15(12-6-1-2-7-12)9-11-5-3-4-8-14-11/h3-5,8,12H,1-2,6-7,9-10H2,(H,16,17). The monoisotopic (exact) mass is 234 g/mol. The number of carboxylic acids is 1. The van der Waals surface area contributed by atoms with Gasteiger partial charge in [0.05, 0.1) is 12.2 Å². The van der Waals surface area contributed by atoms with E-state index in [4.69, 9.17) is 5.11 Å². The van der Waals surface area contributed by atoms with Gasteiger partial charge in [0.1, 0.15) is 0 Å². The van der Waals surface area contributed by atoms with Crippen molar-refractivity contribution in [3.05, 3.63) is 30.1 Å². The lowest BCUT2D eigenvalue weighted by Gasteiger charge is -2.26. The largest absolute Gasteiger partial charge is 0.480 e. The van der Waals surface area contributed by atoms with Crippen LogP contribution in [-0.4, -0.2) is 33.5 Å². The van der Waals surface area contributed by atoms with Crippen molar-refractivity contribution in [2.75, 3.05) is 6.54 Å². The number of carbonyl (C=O) groups is 1. The Hall–Kier alpha value is -1.42. The lowest BCUT2D eigenvalue weighted by Crippen LogP contribution is -2.37. The summed E-state index contributed by atoms with van der Waals surface area (Å²) in [6, 6.07) is 6.17. The van der Waals surface area contributed by atoms with E-state index in [9.17, 15) is 4.79 Å². The van der Waals surface area contributed by atoms with E-state index in [1.807, 2.05) is 23.1 Å². The molecule has 1 aliphatic carbocycles. The van der Waals surface area contributed by atoms with Gasteiger partial charge in [0.25, 0.3) is 0 Å². The minimum Gasteiger partial charge on any atom is -0.480 e. The summed E-state index contributed by atoms with van der Waals surface area (Å²) in [5.74, 6) is -0.757. The summed E-state index contributed by atoms with van der Waals surface area (Å²) in [4.78, 5) is 17.2. The molecule has 92 valence electrons. The topological polar surface area (TPSA) is 53.4 Å². The molecular formula is C13H18N2O2. The van der Waals surface area contributed by atoms with Crippen molar-refractivity contribution in [3.8, 4) is 0 Å². The molecule has 0 saturated heterocycles. The molecule has 1 aromatic heterocycles. The Labute approximate surface area is 101 Å². The molecule has 1 aliphatic rings. The summed E-state index contributed by atoms with van der Waals surface area (Å²) in [6.07, 6.45) is 6.40. The first-order valence-electron chi connectivity index (χ1n) is 6.11. The highest BCUT2D eigenvalue weighted by Crippen LogP contribution is 2.24. The van der Waals surface area contributed by atoms with E-state index in [0.29, 0.717) is 12.6 Å². The van der Waals surface area contributed by atoms with Crippen LogP contribution >= 0.6 is 0 Å². The van der Waals surface area contributed by atoms with Gasteiger partial charge in [-0.3, -0.25) is 14.7 Å². The highest BCUT2D eigenvalue weighted by Gasteiger charge is 2.24. The summed E-state index contributed by atoms with van der Waals surface area (Å²) < 4.78 is 0. The molecule has 0 bridgehead atoms. The molecule has 0 radical (unpaired) electrons. The number of hydrogen-bond acceptors (Lipinski definition) is 3. The quantitative estimate of drug-likeness (QED) is 0.845. The maximum Gasteiger partial charge on any atom is 0.317 e. The van der Waals surface area contributed by atoms with Crippen LogP contribution < -0.4 is 0 Å². The Bertz CT molecular complexity index is 361. The fourth-order valence-corrected chi connectivity index (χ4v) is 2.46. The van der Waals surface area contributed by atoms with Gasteiger partial charge in [-0.2, -0.15) is 0 Å². The summed E-state index contributed by atoms with van der Waals surface area (Å²) in [7, 11) is 0. The van der Waals surface area contributed by atoms with Gasteiger partial charge >= 0.3 is 5.97 Å². The minimum absolute atomic E-state index is 0.112. The Morgan fingerprint density at radius 1 is 1.41 bits per heavy atom. The van der Waals surface area contributed by atoms with Crippen LogP contribution in [0.2, 0.25) is 0 Å². The molecule has 0 amide bonds. The zero-order chi connectivity index (χ0) is 12.1. The Morgan fingerprint density at radius 2 is 2.18 bits per heavy atom. The number of hydrogen-bond donors (Lipinski definition) is 1. The van der Waals surface area contributed by atoms with Crippen LogP contribution in [0.1, 0.15) is 31.4 Å². The van der Waals surface area contributed by atoms with Gasteiger partial charge in [-0.1, -0.05) is 18.9 Å². The molecule has 0 spiro atoms. The number of pyridine rings is 1. The lowest BCUT2D eigenvalue weighted by atomic mass is 10.2. The van der Waals surface area contributed by atoms with Gasteiger partial charge in [0.15, 0.2) is 0 Å². The molecular weight excluding hydrogens is 216 g/mol. The van der Waals surface area contributed by atoms with Crippen molar-refractivity contribution in [2.45, 2.75) is 38.3 Å². The average molecular weight is 234 g/mol. The highest BCUT2D eigenvalue weighted by atomic mass is 16.4. The van der Waals surface area contributed by atoms with E-state index >= 15 is 0 Å². The SMILES string of the molecule is O=C(O)CN(Cc1ccccn1)C1CCCC1. The molecule has 1 aromatic rings. The smallest absolute Gasteiger partial charge is 0.317 e. The normalized spacial score (nSPS) is 16.5. The van der Waals surface area contributed by atoms with Crippen LogP contribution in [-0.2, 0) is 11.3 Å². The van der Waals surface area contributed by atoms with Gasteiger partial charge in [0.2, 0.25) is 0 Å². The second kappa shape index (κ2) is 5.77. The molecule has 2 rings (SSSR count). The van der Waals surface area contributed by atoms with E-state index < -0.39 is 5.97 Å². The fourth-order valence-electron chi connectivity index (χ4n) is 2.46. The van der Waals surface area contributed by atoms with Crippen LogP contribution in [0, 0.1) is 0 Å². The van der Waals surface area contributed by atoms with Crippen LogP contribution in [0.4, 0.5) is 0 Å². The van der Waals surface area contributed by atoms with Crippen LogP contribution in [0.3, 0.4) is 0 Å². The zero-order valence-corrected chi connectivity index (χ0v) is 9.88. The van der Waals surface area contributed by atoms with Crippen LogP contribution in [0.5, 0.6) is 0 Å². The number of nitrogens with zero attached hydrogens (tertiary/aromatic N) is 2. The molecule has 17 heavy (non-hydrogen) atoms. The van der Waals surface area contributed by atoms with Gasteiger partial charge in [-0.05, 0) is 25.0 Å². The first-order valence-corrected chi connectivity index (χ1v) is 6.11. The predicted molar refractivity (Wildman–Crippen MR) is 64.5 cm³/mol. The number of carboxylic acid groups (broad SMARTS) is 1. The molecule has 1 saturated carbocycles. The van der Waals surface area contributed by atoms with Crippen molar-refractivity contribution in [3.63, 3.8) is 0 Å². The fraction of sp³-hybridized carbons (Fsp3) is 0.538. The molecule has 1 fully saturated rings. The van der Waals surface area contributed by atoms with Gasteiger partial charge < -0.3 is 5.11 Å². The highest BCUT2D eigenvalue weighted by molar-refractivity contribution is 5.69. The molecule has 0 aromatic carbocycles. The average Bonchev–Trinajstić information content (AvgIpc) is 2.82. The third-order valence-corrected chi connectivity index (χ3v) is 3.27. The molecule has 4 nitrogen and oxygen atoms in total. The van der Waals surface area contributed by atoms with E-state index in [0.717, 1.165) is 18.5 Å². The third kappa shape index (κ3) is 3.53. The molecule has 1 heterocycles. The van der Waals surface area contributed by atoms with Gasteiger partial charge in [-0.15, -0.1) is 0 Å². The first-order chi connectivity index (χ1) is 8.25. The first kappa shape index (κ1) is 12.0. The second-order valence-electron chi connectivity index (χ2n) is 4.56. The summed E-state index contributed by atoms with van der Waals surface area (Å²) >= 11 is 0. The van der Waals surface area contributed by atoms with Gasteiger partial charge in [-0.25, -0.2) is 0 Å². The maximum atomic E-state index is 10.9. The molecule has 4 heteroatoms. The van der Waals surface area contributed by atoms with Crippen LogP contribution in [0.15, 0.2) is 24.4 Å². The number of aromatic nitrogens is 1. The molecule has 0 unspecified atom stereocenters. The number of rotatable bonds is 5. The van der Waals surface area contributed by atoms with Crippen molar-refractivity contribution in [1.82, 2.24) is 9.88 Å². The second-order valence-corrected chi connectivity index (χ2v) is 4.56. The van der Waals surface area contributed by atoms with E-state index in [-0.39, 0.29) is 6.54 Å². The Balaban J connectivity index is 2.02. The minimum atomic E-state index is -0.757. The van der Waals surface area contributed by atoms with E-state index in [1.165, 1.54) is 12.8 Å². The maximum absolute atomic E-state index is 10.9. The van der Waals surface area contributed by atoms with Crippen molar-refractivity contribution < 1.29 is 9.90 Å².